The van der Waals surface area contributed by atoms with Gasteiger partial charge in [-0.2, -0.15) is 5.10 Å². The molecule has 138 valence electrons. The van der Waals surface area contributed by atoms with E-state index in [1.807, 2.05) is 17.0 Å². The summed E-state index contributed by atoms with van der Waals surface area (Å²) in [4.78, 5) is 34.6. The van der Waals surface area contributed by atoms with Crippen LogP contribution >= 0.6 is 0 Å². The average Bonchev–Trinajstić information content (AvgIpc) is 3.40. The van der Waals surface area contributed by atoms with Crippen molar-refractivity contribution in [1.29, 1.82) is 0 Å². The van der Waals surface area contributed by atoms with Crippen molar-refractivity contribution < 1.29 is 14.1 Å². The minimum atomic E-state index is -0.666. The second kappa shape index (κ2) is 6.86. The van der Waals surface area contributed by atoms with E-state index < -0.39 is 10.8 Å². The molecule has 0 N–H and O–H groups in total. The van der Waals surface area contributed by atoms with Crippen molar-refractivity contribution in [3.63, 3.8) is 0 Å². The lowest BCUT2D eigenvalue weighted by Crippen LogP contribution is -2.49. The first-order valence-electron chi connectivity index (χ1n) is 8.22. The van der Waals surface area contributed by atoms with Crippen molar-refractivity contribution in [3.05, 3.63) is 58.9 Å². The summed E-state index contributed by atoms with van der Waals surface area (Å²) in [6.45, 7) is 2.05. The standard InChI is InChI=1S/C16H15N7O4/c24-16(12-2-3-15(27-12)23(25)26)21-8-6-20(7-9-21)13-10-14(18-11-17-13)22-5-1-4-19-22/h1-5,10-11H,6-9H2. The van der Waals surface area contributed by atoms with Crippen LogP contribution in [-0.2, 0) is 0 Å². The van der Waals surface area contributed by atoms with Crippen LogP contribution in [0.4, 0.5) is 11.7 Å². The van der Waals surface area contributed by atoms with Crippen molar-refractivity contribution in [2.24, 2.45) is 0 Å². The number of furan rings is 1. The van der Waals surface area contributed by atoms with Gasteiger partial charge in [0.05, 0.1) is 6.07 Å². The van der Waals surface area contributed by atoms with E-state index in [1.165, 1.54) is 18.5 Å². The number of piperazine rings is 1. The molecule has 11 nitrogen and oxygen atoms in total. The third-order valence-electron chi connectivity index (χ3n) is 4.25. The number of nitrogens with zero attached hydrogens (tertiary/aromatic N) is 7. The molecule has 1 fully saturated rings. The summed E-state index contributed by atoms with van der Waals surface area (Å²) in [5.74, 6) is 0.576. The average molecular weight is 369 g/mol. The molecule has 0 saturated carbocycles. The minimum absolute atomic E-state index is 0.0295. The Kier molecular flexibility index (Phi) is 4.24. The topological polar surface area (TPSA) is 123 Å². The lowest BCUT2D eigenvalue weighted by atomic mass is 10.3. The molecular formula is C16H15N7O4. The van der Waals surface area contributed by atoms with Gasteiger partial charge in [-0.1, -0.05) is 0 Å². The van der Waals surface area contributed by atoms with E-state index >= 15 is 0 Å². The Labute approximate surface area is 153 Å². The highest BCUT2D eigenvalue weighted by atomic mass is 16.6. The first-order valence-corrected chi connectivity index (χ1v) is 8.22. The van der Waals surface area contributed by atoms with Crippen LogP contribution in [0, 0.1) is 10.1 Å². The molecule has 0 spiro atoms. The highest BCUT2D eigenvalue weighted by Crippen LogP contribution is 2.20. The van der Waals surface area contributed by atoms with Crippen molar-refractivity contribution in [3.8, 4) is 5.82 Å². The Bertz CT molecular complexity index is 961. The van der Waals surface area contributed by atoms with Crippen LogP contribution in [0.2, 0.25) is 0 Å². The summed E-state index contributed by atoms with van der Waals surface area (Å²) in [5.41, 5.74) is 0. The maximum atomic E-state index is 12.4. The van der Waals surface area contributed by atoms with Gasteiger partial charge in [0.2, 0.25) is 0 Å². The molecule has 0 unspecified atom stereocenters. The van der Waals surface area contributed by atoms with Gasteiger partial charge in [-0.15, -0.1) is 0 Å². The van der Waals surface area contributed by atoms with Crippen LogP contribution < -0.4 is 4.90 Å². The summed E-state index contributed by atoms with van der Waals surface area (Å²) >= 11 is 0. The predicted octanol–water partition coefficient (Wildman–Crippen LogP) is 1.13. The quantitative estimate of drug-likeness (QED) is 0.495. The van der Waals surface area contributed by atoms with E-state index in [0.29, 0.717) is 32.0 Å². The molecule has 27 heavy (non-hydrogen) atoms. The van der Waals surface area contributed by atoms with Gasteiger partial charge in [0.25, 0.3) is 5.91 Å². The van der Waals surface area contributed by atoms with Crippen LogP contribution in [0.15, 0.2) is 47.4 Å². The third kappa shape index (κ3) is 3.34. The minimum Gasteiger partial charge on any atom is -0.395 e. The molecule has 1 saturated heterocycles. The summed E-state index contributed by atoms with van der Waals surface area (Å²) in [6, 6.07) is 6.15. The molecule has 1 aliphatic rings. The van der Waals surface area contributed by atoms with Gasteiger partial charge in [0, 0.05) is 44.6 Å². The zero-order valence-corrected chi connectivity index (χ0v) is 14.1. The van der Waals surface area contributed by atoms with Crippen LogP contribution in [0.5, 0.6) is 0 Å². The molecule has 4 heterocycles. The fourth-order valence-electron chi connectivity index (χ4n) is 2.87. The maximum absolute atomic E-state index is 12.4. The molecule has 0 bridgehead atoms. The van der Waals surface area contributed by atoms with Crippen molar-refractivity contribution in [1.82, 2.24) is 24.6 Å². The zero-order valence-electron chi connectivity index (χ0n) is 14.1. The number of hydrogen-bond acceptors (Lipinski definition) is 8. The zero-order chi connectivity index (χ0) is 18.8. The highest BCUT2D eigenvalue weighted by Gasteiger charge is 2.26. The molecule has 4 rings (SSSR count). The Morgan fingerprint density at radius 2 is 1.93 bits per heavy atom. The monoisotopic (exact) mass is 369 g/mol. The number of carbonyl (C=O) groups excluding carboxylic acids is 1. The van der Waals surface area contributed by atoms with Gasteiger partial charge in [0.15, 0.2) is 11.6 Å². The number of amides is 1. The van der Waals surface area contributed by atoms with E-state index in [4.69, 9.17) is 4.42 Å². The maximum Gasteiger partial charge on any atom is 0.433 e. The third-order valence-corrected chi connectivity index (χ3v) is 4.25. The lowest BCUT2D eigenvalue weighted by Gasteiger charge is -2.34. The van der Waals surface area contributed by atoms with E-state index in [1.54, 1.807) is 22.0 Å². The van der Waals surface area contributed by atoms with E-state index in [-0.39, 0.29) is 11.7 Å². The molecule has 11 heteroatoms. The number of carbonyl (C=O) groups is 1. The molecule has 0 radical (unpaired) electrons. The Morgan fingerprint density at radius 1 is 1.15 bits per heavy atom. The van der Waals surface area contributed by atoms with Crippen LogP contribution in [-0.4, -0.2) is 61.7 Å². The van der Waals surface area contributed by atoms with E-state index in [2.05, 4.69) is 15.1 Å². The van der Waals surface area contributed by atoms with Gasteiger partial charge in [-0.3, -0.25) is 14.9 Å². The lowest BCUT2D eigenvalue weighted by molar-refractivity contribution is -0.402. The normalized spacial score (nSPS) is 14.4. The van der Waals surface area contributed by atoms with Gasteiger partial charge >= 0.3 is 5.88 Å². The van der Waals surface area contributed by atoms with Gasteiger partial charge in [-0.25, -0.2) is 14.6 Å². The Hall–Kier alpha value is -3.76. The smallest absolute Gasteiger partial charge is 0.395 e. The summed E-state index contributed by atoms with van der Waals surface area (Å²) in [6.07, 6.45) is 4.95. The first kappa shape index (κ1) is 16.7. The second-order valence-corrected chi connectivity index (χ2v) is 5.86. The Morgan fingerprint density at radius 3 is 2.59 bits per heavy atom. The molecule has 0 aromatic carbocycles. The van der Waals surface area contributed by atoms with Crippen LogP contribution in [0.3, 0.4) is 0 Å². The number of rotatable bonds is 4. The largest absolute Gasteiger partial charge is 0.433 e. The van der Waals surface area contributed by atoms with Gasteiger partial charge in [-0.05, 0) is 12.1 Å². The molecule has 1 amide bonds. The SMILES string of the molecule is O=C(c1ccc([N+](=O)[O-])o1)N1CCN(c2cc(-n3cccn3)ncn2)CC1. The molecule has 1 aliphatic heterocycles. The molecular weight excluding hydrogens is 354 g/mol. The summed E-state index contributed by atoms with van der Waals surface area (Å²) in [7, 11) is 0. The van der Waals surface area contributed by atoms with Crippen molar-refractivity contribution in [2.75, 3.05) is 31.1 Å². The predicted molar refractivity (Wildman–Crippen MR) is 92.6 cm³/mol. The van der Waals surface area contributed by atoms with E-state index in [9.17, 15) is 14.9 Å². The van der Waals surface area contributed by atoms with E-state index in [0.717, 1.165) is 5.82 Å². The number of nitro groups is 1. The molecule has 3 aromatic heterocycles. The van der Waals surface area contributed by atoms with Gasteiger partial charge < -0.3 is 14.2 Å². The number of hydrogen-bond donors (Lipinski definition) is 0. The van der Waals surface area contributed by atoms with Crippen LogP contribution in [0.25, 0.3) is 5.82 Å². The number of anilines is 1. The second-order valence-electron chi connectivity index (χ2n) is 5.86. The van der Waals surface area contributed by atoms with Crippen molar-refractivity contribution in [2.45, 2.75) is 0 Å². The van der Waals surface area contributed by atoms with Gasteiger partial charge in [0.1, 0.15) is 17.1 Å². The fraction of sp³-hybridized carbons (Fsp3) is 0.250. The summed E-state index contributed by atoms with van der Waals surface area (Å²) < 4.78 is 6.64. The number of aromatic nitrogens is 4. The summed E-state index contributed by atoms with van der Waals surface area (Å²) in [5, 5.41) is 14.8. The highest BCUT2D eigenvalue weighted by molar-refractivity contribution is 5.92. The molecule has 3 aromatic rings. The van der Waals surface area contributed by atoms with Crippen molar-refractivity contribution >= 4 is 17.6 Å². The molecule has 0 aliphatic carbocycles. The first-order chi connectivity index (χ1) is 13.1. The molecule has 0 atom stereocenters. The fourth-order valence-corrected chi connectivity index (χ4v) is 2.87. The Balaban J connectivity index is 1.42. The van der Waals surface area contributed by atoms with Crippen LogP contribution in [0.1, 0.15) is 10.6 Å².